The minimum Gasteiger partial charge on any atom is -0.395 e. The van der Waals surface area contributed by atoms with Crippen molar-refractivity contribution in [3.8, 4) is 11.8 Å². The molecule has 0 bridgehead atoms. The van der Waals surface area contributed by atoms with Crippen molar-refractivity contribution in [1.82, 2.24) is 4.90 Å². The summed E-state index contributed by atoms with van der Waals surface area (Å²) in [7, 11) is 0. The zero-order valence-corrected chi connectivity index (χ0v) is 11.4. The maximum atomic E-state index is 13.3. The van der Waals surface area contributed by atoms with E-state index in [1.54, 1.807) is 6.92 Å². The molecular weight excluding hydrogens is 261 g/mol. The van der Waals surface area contributed by atoms with Crippen molar-refractivity contribution in [2.24, 2.45) is 0 Å². The van der Waals surface area contributed by atoms with Crippen LogP contribution in [0.4, 0.5) is 4.39 Å². The van der Waals surface area contributed by atoms with Crippen molar-refractivity contribution in [3.63, 3.8) is 0 Å². The Morgan fingerprint density at radius 1 is 1.35 bits per heavy atom. The maximum Gasteiger partial charge on any atom is 0.255 e. The van der Waals surface area contributed by atoms with Gasteiger partial charge in [0.1, 0.15) is 5.82 Å². The molecule has 0 aliphatic carbocycles. The van der Waals surface area contributed by atoms with E-state index in [-0.39, 0.29) is 31.2 Å². The molecule has 0 saturated heterocycles. The van der Waals surface area contributed by atoms with Crippen LogP contribution in [-0.4, -0.2) is 47.3 Å². The lowest BCUT2D eigenvalue weighted by atomic mass is 10.1. The highest BCUT2D eigenvalue weighted by atomic mass is 19.1. The summed E-state index contributed by atoms with van der Waals surface area (Å²) >= 11 is 0. The topological polar surface area (TPSA) is 60.8 Å². The summed E-state index contributed by atoms with van der Waals surface area (Å²) in [6, 6.07) is 3.83. The van der Waals surface area contributed by atoms with Gasteiger partial charge in [0.2, 0.25) is 0 Å². The minimum atomic E-state index is -0.513. The van der Waals surface area contributed by atoms with Gasteiger partial charge in [-0.05, 0) is 25.1 Å². The van der Waals surface area contributed by atoms with Gasteiger partial charge in [0.15, 0.2) is 0 Å². The van der Waals surface area contributed by atoms with Crippen LogP contribution in [-0.2, 0) is 0 Å². The van der Waals surface area contributed by atoms with E-state index in [0.29, 0.717) is 18.5 Å². The molecular formula is C15H18FNO3. The molecule has 1 amide bonds. The number of likely N-dealkylation sites (N-methyl/N-ethyl adjacent to an activating group) is 1. The van der Waals surface area contributed by atoms with Crippen LogP contribution in [0.25, 0.3) is 0 Å². The van der Waals surface area contributed by atoms with Crippen LogP contribution in [0.1, 0.15) is 29.3 Å². The van der Waals surface area contributed by atoms with Crippen LogP contribution >= 0.6 is 0 Å². The molecule has 1 aromatic rings. The fourth-order valence-electron chi connectivity index (χ4n) is 1.71. The average molecular weight is 279 g/mol. The molecule has 0 fully saturated rings. The second-order valence-corrected chi connectivity index (χ2v) is 4.07. The molecule has 0 aromatic heterocycles. The molecule has 1 aromatic carbocycles. The maximum absolute atomic E-state index is 13.3. The minimum absolute atomic E-state index is 0.0664. The summed E-state index contributed by atoms with van der Waals surface area (Å²) in [6.07, 6.45) is 0.291. The molecule has 20 heavy (non-hydrogen) atoms. The largest absolute Gasteiger partial charge is 0.395 e. The molecule has 0 spiro atoms. The number of carbonyl (C=O) groups excluding carboxylic acids is 1. The molecule has 0 aliphatic heterocycles. The monoisotopic (exact) mass is 279 g/mol. The zero-order chi connectivity index (χ0) is 15.0. The highest BCUT2D eigenvalue weighted by Gasteiger charge is 2.17. The lowest BCUT2D eigenvalue weighted by molar-refractivity contribution is 0.0731. The summed E-state index contributed by atoms with van der Waals surface area (Å²) in [5.74, 6) is 4.59. The number of hydrogen-bond acceptors (Lipinski definition) is 3. The van der Waals surface area contributed by atoms with Gasteiger partial charge in [0.05, 0.1) is 18.8 Å². The molecule has 0 radical (unpaired) electrons. The number of amides is 1. The Labute approximate surface area is 117 Å². The normalized spacial score (nSPS) is 9.80. The Bertz CT molecular complexity index is 520. The average Bonchev–Trinajstić information content (AvgIpc) is 2.45. The van der Waals surface area contributed by atoms with E-state index in [1.165, 1.54) is 17.0 Å². The van der Waals surface area contributed by atoms with Gasteiger partial charge in [0, 0.05) is 25.1 Å². The summed E-state index contributed by atoms with van der Waals surface area (Å²) in [6.45, 7) is 2.17. The van der Waals surface area contributed by atoms with Crippen molar-refractivity contribution in [3.05, 3.63) is 35.1 Å². The molecule has 4 nitrogen and oxygen atoms in total. The fourth-order valence-corrected chi connectivity index (χ4v) is 1.71. The number of carbonyl (C=O) groups is 1. The number of benzene rings is 1. The molecule has 108 valence electrons. The number of rotatable bonds is 5. The first-order chi connectivity index (χ1) is 9.63. The van der Waals surface area contributed by atoms with Crippen LogP contribution in [0.2, 0.25) is 0 Å². The Morgan fingerprint density at radius 2 is 2.10 bits per heavy atom. The first-order valence-corrected chi connectivity index (χ1v) is 6.43. The summed E-state index contributed by atoms with van der Waals surface area (Å²) < 4.78 is 13.3. The van der Waals surface area contributed by atoms with Crippen molar-refractivity contribution >= 4 is 5.91 Å². The molecule has 0 saturated carbocycles. The van der Waals surface area contributed by atoms with E-state index < -0.39 is 5.82 Å². The number of aliphatic hydroxyl groups excluding tert-OH is 2. The Morgan fingerprint density at radius 3 is 2.70 bits per heavy atom. The molecule has 1 rings (SSSR count). The van der Waals surface area contributed by atoms with Gasteiger partial charge in [-0.15, -0.1) is 0 Å². The van der Waals surface area contributed by atoms with Gasteiger partial charge >= 0.3 is 0 Å². The Hall–Kier alpha value is -1.90. The van der Waals surface area contributed by atoms with Crippen molar-refractivity contribution in [1.29, 1.82) is 0 Å². The number of halogens is 1. The first kappa shape index (κ1) is 16.2. The van der Waals surface area contributed by atoms with E-state index in [2.05, 4.69) is 11.8 Å². The van der Waals surface area contributed by atoms with Crippen molar-refractivity contribution < 1.29 is 19.4 Å². The molecule has 0 unspecified atom stereocenters. The number of aliphatic hydroxyl groups is 2. The van der Waals surface area contributed by atoms with Gasteiger partial charge in [-0.25, -0.2) is 4.39 Å². The lowest BCUT2D eigenvalue weighted by Gasteiger charge is -2.20. The predicted molar refractivity (Wildman–Crippen MR) is 73.6 cm³/mol. The smallest absolute Gasteiger partial charge is 0.255 e. The van der Waals surface area contributed by atoms with Crippen LogP contribution < -0.4 is 0 Å². The second-order valence-electron chi connectivity index (χ2n) is 4.07. The van der Waals surface area contributed by atoms with Gasteiger partial charge in [-0.2, -0.15) is 0 Å². The van der Waals surface area contributed by atoms with Gasteiger partial charge in [-0.3, -0.25) is 4.79 Å². The first-order valence-electron chi connectivity index (χ1n) is 6.43. The van der Waals surface area contributed by atoms with E-state index >= 15 is 0 Å². The quantitative estimate of drug-likeness (QED) is 0.791. The molecule has 2 N–H and O–H groups in total. The fraction of sp³-hybridized carbons (Fsp3) is 0.400. The standard InChI is InChI=1S/C15H18FNO3/c1-2-17(8-10-19)15(20)14-11-13(16)7-6-12(14)5-3-4-9-18/h6-7,11,18-19H,2,4,8-10H2,1H3. The van der Waals surface area contributed by atoms with Crippen molar-refractivity contribution in [2.45, 2.75) is 13.3 Å². The van der Waals surface area contributed by atoms with Crippen molar-refractivity contribution in [2.75, 3.05) is 26.3 Å². The summed E-state index contributed by atoms with van der Waals surface area (Å²) in [4.78, 5) is 13.7. The van der Waals surface area contributed by atoms with Gasteiger partial charge in [0.25, 0.3) is 5.91 Å². The summed E-state index contributed by atoms with van der Waals surface area (Å²) in [5, 5.41) is 17.6. The van der Waals surface area contributed by atoms with Crippen LogP contribution in [0.3, 0.4) is 0 Å². The van der Waals surface area contributed by atoms with Crippen LogP contribution in [0, 0.1) is 17.7 Å². The van der Waals surface area contributed by atoms with Crippen LogP contribution in [0.5, 0.6) is 0 Å². The third-order valence-corrected chi connectivity index (χ3v) is 2.71. The summed E-state index contributed by atoms with van der Waals surface area (Å²) in [5.41, 5.74) is 0.590. The lowest BCUT2D eigenvalue weighted by Crippen LogP contribution is -2.33. The molecule has 0 heterocycles. The van der Waals surface area contributed by atoms with Crippen LogP contribution in [0.15, 0.2) is 18.2 Å². The number of hydrogen-bond donors (Lipinski definition) is 2. The van der Waals surface area contributed by atoms with Gasteiger partial charge < -0.3 is 15.1 Å². The highest BCUT2D eigenvalue weighted by molar-refractivity contribution is 5.96. The van der Waals surface area contributed by atoms with Gasteiger partial charge in [-0.1, -0.05) is 11.8 Å². The molecule has 5 heteroatoms. The van der Waals surface area contributed by atoms with E-state index in [9.17, 15) is 9.18 Å². The Kier molecular flexibility index (Phi) is 6.71. The third kappa shape index (κ3) is 4.34. The predicted octanol–water partition coefficient (Wildman–Crippen LogP) is 1.01. The SMILES string of the molecule is CCN(CCO)C(=O)c1cc(F)ccc1C#CCCO. The number of nitrogens with zero attached hydrogens (tertiary/aromatic N) is 1. The third-order valence-electron chi connectivity index (χ3n) is 2.71. The van der Waals surface area contributed by atoms with E-state index in [0.717, 1.165) is 6.07 Å². The Balaban J connectivity index is 3.11. The van der Waals surface area contributed by atoms with E-state index in [1.807, 2.05) is 0 Å². The van der Waals surface area contributed by atoms with E-state index in [4.69, 9.17) is 10.2 Å². The second kappa shape index (κ2) is 8.31. The molecule has 0 atom stereocenters. The molecule has 0 aliphatic rings. The highest BCUT2D eigenvalue weighted by Crippen LogP contribution is 2.13. The zero-order valence-electron chi connectivity index (χ0n) is 11.4.